The summed E-state index contributed by atoms with van der Waals surface area (Å²) in [6.45, 7) is 7.24. The summed E-state index contributed by atoms with van der Waals surface area (Å²) in [5.41, 5.74) is 0. The summed E-state index contributed by atoms with van der Waals surface area (Å²) in [4.78, 5) is 16.5. The van der Waals surface area contributed by atoms with Crippen molar-refractivity contribution in [2.45, 2.75) is 20.3 Å². The van der Waals surface area contributed by atoms with Crippen molar-refractivity contribution < 1.29 is 4.74 Å². The van der Waals surface area contributed by atoms with E-state index in [2.05, 4.69) is 19.9 Å². The molecule has 6 nitrogen and oxygen atoms in total. The summed E-state index contributed by atoms with van der Waals surface area (Å²) in [7, 11) is 4.05. The van der Waals surface area contributed by atoms with Crippen molar-refractivity contribution in [3.05, 3.63) is 5.28 Å². The Balaban J connectivity index is 2.63. The molecule has 0 aliphatic heterocycles. The molecule has 0 N–H and O–H groups in total. The van der Waals surface area contributed by atoms with Crippen LogP contribution in [-0.2, 0) is 0 Å². The molecule has 0 amide bonds. The molecule has 108 valence electrons. The Morgan fingerprint density at radius 3 is 2.37 bits per heavy atom. The number of rotatable bonds is 8. The van der Waals surface area contributed by atoms with Crippen molar-refractivity contribution in [1.29, 1.82) is 0 Å². The number of hydrogen-bond donors (Lipinski definition) is 0. The molecule has 0 fully saturated rings. The summed E-state index contributed by atoms with van der Waals surface area (Å²) < 4.78 is 5.52. The largest absolute Gasteiger partial charge is 0.463 e. The Hall–Kier alpha value is -1.14. The fourth-order valence-corrected chi connectivity index (χ4v) is 1.73. The molecule has 0 bridgehead atoms. The van der Waals surface area contributed by atoms with Crippen molar-refractivity contribution in [2.24, 2.45) is 0 Å². The number of halogens is 1. The van der Waals surface area contributed by atoms with Gasteiger partial charge in [-0.15, -0.1) is 0 Å². The zero-order valence-electron chi connectivity index (χ0n) is 12.1. The van der Waals surface area contributed by atoms with Crippen LogP contribution in [0.5, 0.6) is 6.01 Å². The molecule has 0 saturated carbocycles. The van der Waals surface area contributed by atoms with Crippen LogP contribution in [0.1, 0.15) is 20.3 Å². The van der Waals surface area contributed by atoms with Gasteiger partial charge >= 0.3 is 6.01 Å². The lowest BCUT2D eigenvalue weighted by atomic mass is 10.4. The monoisotopic (exact) mass is 287 g/mol. The van der Waals surface area contributed by atoms with Crippen molar-refractivity contribution >= 4 is 17.5 Å². The molecule has 0 unspecified atom stereocenters. The maximum atomic E-state index is 5.89. The average Bonchev–Trinajstić information content (AvgIpc) is 2.35. The summed E-state index contributed by atoms with van der Waals surface area (Å²) >= 11 is 5.89. The lowest BCUT2D eigenvalue weighted by Gasteiger charge is -2.18. The third-order valence-electron chi connectivity index (χ3n) is 2.60. The van der Waals surface area contributed by atoms with E-state index in [0.29, 0.717) is 18.6 Å². The second-order valence-corrected chi connectivity index (χ2v) is 4.70. The van der Waals surface area contributed by atoms with E-state index < -0.39 is 0 Å². The Bertz CT molecular complexity index is 384. The van der Waals surface area contributed by atoms with Crippen LogP contribution in [0.2, 0.25) is 5.28 Å². The van der Waals surface area contributed by atoms with E-state index in [-0.39, 0.29) is 5.28 Å². The third-order valence-corrected chi connectivity index (χ3v) is 2.77. The van der Waals surface area contributed by atoms with Crippen molar-refractivity contribution in [2.75, 3.05) is 45.2 Å². The average molecular weight is 288 g/mol. The molecule has 1 aromatic heterocycles. The summed E-state index contributed by atoms with van der Waals surface area (Å²) in [5, 5.41) is 0.166. The van der Waals surface area contributed by atoms with Gasteiger partial charge in [-0.1, -0.05) is 0 Å². The number of hydrogen-bond acceptors (Lipinski definition) is 6. The Morgan fingerprint density at radius 1 is 1.11 bits per heavy atom. The minimum atomic E-state index is 0.166. The first kappa shape index (κ1) is 15.9. The number of aromatic nitrogens is 3. The van der Waals surface area contributed by atoms with Gasteiger partial charge < -0.3 is 14.5 Å². The predicted molar refractivity (Wildman–Crippen MR) is 77.1 cm³/mol. The minimum Gasteiger partial charge on any atom is -0.463 e. The van der Waals surface area contributed by atoms with Crippen LogP contribution in [0.4, 0.5) is 5.95 Å². The van der Waals surface area contributed by atoms with Gasteiger partial charge in [-0.05, 0) is 46.0 Å². The quantitative estimate of drug-likeness (QED) is 0.679. The van der Waals surface area contributed by atoms with Gasteiger partial charge in [0.15, 0.2) is 0 Å². The fraction of sp³-hybridized carbons (Fsp3) is 0.750. The topological polar surface area (TPSA) is 54.4 Å². The predicted octanol–water partition coefficient (Wildman–Crippen LogP) is 1.70. The van der Waals surface area contributed by atoms with Crippen LogP contribution < -0.4 is 9.64 Å². The number of nitrogens with zero attached hydrogens (tertiary/aromatic N) is 5. The summed E-state index contributed by atoms with van der Waals surface area (Å²) in [6, 6.07) is 0.292. The number of anilines is 1. The molecule has 0 saturated heterocycles. The molecule has 0 radical (unpaired) electrons. The first-order valence-corrected chi connectivity index (χ1v) is 6.88. The lowest BCUT2D eigenvalue weighted by molar-refractivity contribution is 0.263. The van der Waals surface area contributed by atoms with Crippen LogP contribution in [-0.4, -0.2) is 60.2 Å². The van der Waals surface area contributed by atoms with Crippen LogP contribution in [0.3, 0.4) is 0 Å². The molecule has 1 aromatic rings. The molecule has 0 aromatic carbocycles. The minimum absolute atomic E-state index is 0.166. The standard InChI is InChI=1S/C12H22ClN5O/c1-5-18(6-2)11-14-10(13)15-12(16-11)19-9-7-8-17(3)4/h5-9H2,1-4H3. The first-order valence-electron chi connectivity index (χ1n) is 6.50. The third kappa shape index (κ3) is 5.57. The first-order chi connectivity index (χ1) is 9.06. The Kier molecular flexibility index (Phi) is 6.80. The highest BCUT2D eigenvalue weighted by Crippen LogP contribution is 2.14. The molecule has 7 heteroatoms. The SMILES string of the molecule is CCN(CC)c1nc(Cl)nc(OCCCN(C)C)n1. The van der Waals surface area contributed by atoms with Gasteiger partial charge in [0.05, 0.1) is 6.61 Å². The maximum absolute atomic E-state index is 5.89. The summed E-state index contributed by atoms with van der Waals surface area (Å²) in [5.74, 6) is 0.563. The summed E-state index contributed by atoms with van der Waals surface area (Å²) in [6.07, 6.45) is 0.914. The van der Waals surface area contributed by atoms with Gasteiger partial charge in [-0.25, -0.2) is 0 Å². The highest BCUT2D eigenvalue weighted by Gasteiger charge is 2.10. The van der Waals surface area contributed by atoms with E-state index >= 15 is 0 Å². The van der Waals surface area contributed by atoms with E-state index in [1.54, 1.807) is 0 Å². The molecule has 0 aliphatic rings. The molecule has 19 heavy (non-hydrogen) atoms. The normalized spacial score (nSPS) is 10.8. The highest BCUT2D eigenvalue weighted by atomic mass is 35.5. The fourth-order valence-electron chi connectivity index (χ4n) is 1.58. The smallest absolute Gasteiger partial charge is 0.322 e. The van der Waals surface area contributed by atoms with Crippen molar-refractivity contribution in [3.63, 3.8) is 0 Å². The zero-order chi connectivity index (χ0) is 14.3. The van der Waals surface area contributed by atoms with Crippen LogP contribution in [0.25, 0.3) is 0 Å². The van der Waals surface area contributed by atoms with Crippen LogP contribution in [0, 0.1) is 0 Å². The second-order valence-electron chi connectivity index (χ2n) is 4.36. The van der Waals surface area contributed by atoms with E-state index in [9.17, 15) is 0 Å². The van der Waals surface area contributed by atoms with Gasteiger partial charge in [-0.2, -0.15) is 15.0 Å². The molecule has 1 heterocycles. The molecule has 0 spiro atoms. The zero-order valence-corrected chi connectivity index (χ0v) is 12.8. The van der Waals surface area contributed by atoms with Crippen LogP contribution in [0.15, 0.2) is 0 Å². The van der Waals surface area contributed by atoms with E-state index in [0.717, 1.165) is 26.1 Å². The Morgan fingerprint density at radius 2 is 1.79 bits per heavy atom. The van der Waals surface area contributed by atoms with E-state index in [1.807, 2.05) is 32.8 Å². The van der Waals surface area contributed by atoms with E-state index in [4.69, 9.17) is 16.3 Å². The molecular weight excluding hydrogens is 266 g/mol. The highest BCUT2D eigenvalue weighted by molar-refractivity contribution is 6.28. The molecular formula is C12H22ClN5O. The maximum Gasteiger partial charge on any atom is 0.322 e. The lowest BCUT2D eigenvalue weighted by Crippen LogP contribution is -2.24. The van der Waals surface area contributed by atoms with Crippen molar-refractivity contribution in [1.82, 2.24) is 19.9 Å². The number of ether oxygens (including phenoxy) is 1. The van der Waals surface area contributed by atoms with Gasteiger partial charge in [-0.3, -0.25) is 0 Å². The second kappa shape index (κ2) is 8.12. The van der Waals surface area contributed by atoms with Crippen LogP contribution >= 0.6 is 11.6 Å². The van der Waals surface area contributed by atoms with Gasteiger partial charge in [0, 0.05) is 19.6 Å². The molecule has 0 atom stereocenters. The van der Waals surface area contributed by atoms with Gasteiger partial charge in [0.2, 0.25) is 11.2 Å². The van der Waals surface area contributed by atoms with Crippen molar-refractivity contribution in [3.8, 4) is 6.01 Å². The van der Waals surface area contributed by atoms with E-state index in [1.165, 1.54) is 0 Å². The molecule has 1 rings (SSSR count). The Labute approximate surface area is 119 Å². The molecule has 0 aliphatic carbocycles. The van der Waals surface area contributed by atoms with Gasteiger partial charge in [0.25, 0.3) is 0 Å². The van der Waals surface area contributed by atoms with Gasteiger partial charge in [0.1, 0.15) is 0 Å².